The summed E-state index contributed by atoms with van der Waals surface area (Å²) in [4.78, 5) is 32.0. The second-order valence-electron chi connectivity index (χ2n) is 9.48. The van der Waals surface area contributed by atoms with Gasteiger partial charge in [0.15, 0.2) is 0 Å². The highest BCUT2D eigenvalue weighted by Crippen LogP contribution is 2.33. The molecule has 1 amide bonds. The zero-order valence-electron chi connectivity index (χ0n) is 21.7. The second kappa shape index (κ2) is 12.3. The predicted octanol–water partition coefficient (Wildman–Crippen LogP) is 5.74. The molecule has 4 rings (SSSR count). The van der Waals surface area contributed by atoms with Crippen LogP contribution in [0.25, 0.3) is 0 Å². The van der Waals surface area contributed by atoms with E-state index >= 15 is 0 Å². The summed E-state index contributed by atoms with van der Waals surface area (Å²) in [6, 6.07) is 11.4. The number of hydrogen-bond donors (Lipinski definition) is 2. The lowest BCUT2D eigenvalue weighted by molar-refractivity contribution is -0.140. The van der Waals surface area contributed by atoms with E-state index in [0.29, 0.717) is 48.8 Å². The van der Waals surface area contributed by atoms with E-state index in [9.17, 15) is 27.2 Å². The Morgan fingerprint density at radius 1 is 1.10 bits per heavy atom. The largest absolute Gasteiger partial charge is 0.469 e. The van der Waals surface area contributed by atoms with Crippen LogP contribution in [0.5, 0.6) is 0 Å². The fourth-order valence-electron chi connectivity index (χ4n) is 4.77. The molecule has 0 spiro atoms. The van der Waals surface area contributed by atoms with Crippen molar-refractivity contribution in [1.29, 1.82) is 0 Å². The first kappa shape index (κ1) is 28.8. The molecule has 12 heteroatoms. The molecule has 0 saturated carbocycles. The summed E-state index contributed by atoms with van der Waals surface area (Å²) in [7, 11) is 1.26. The number of piperidine rings is 1. The van der Waals surface area contributed by atoms with Crippen molar-refractivity contribution < 1.29 is 37.0 Å². The lowest BCUT2D eigenvalue weighted by Gasteiger charge is -2.30. The van der Waals surface area contributed by atoms with Gasteiger partial charge in [-0.05, 0) is 60.4 Å². The first-order chi connectivity index (χ1) is 19.0. The summed E-state index contributed by atoms with van der Waals surface area (Å²) in [5.74, 6) is -1.28. The van der Waals surface area contributed by atoms with Gasteiger partial charge in [0, 0.05) is 19.3 Å². The summed E-state index contributed by atoms with van der Waals surface area (Å²) in [5.41, 5.74) is 0.789. The van der Waals surface area contributed by atoms with Crippen molar-refractivity contribution in [2.75, 3.05) is 25.5 Å². The molecule has 0 radical (unpaired) electrons. The Balaban J connectivity index is 1.51. The van der Waals surface area contributed by atoms with Crippen LogP contribution in [0, 0.1) is 5.82 Å². The molecule has 0 atom stereocenters. The number of carboxylic acid groups (broad SMARTS) is 1. The number of rotatable bonds is 8. The van der Waals surface area contributed by atoms with Gasteiger partial charge < -0.3 is 20.1 Å². The molecule has 2 heterocycles. The number of aryl methyl sites for hydroxylation is 2. The van der Waals surface area contributed by atoms with Gasteiger partial charge in [-0.3, -0.25) is 4.79 Å². The average Bonchev–Trinajstić information content (AvgIpc) is 2.93. The number of hydrogen-bond acceptors (Lipinski definition) is 6. The van der Waals surface area contributed by atoms with Crippen molar-refractivity contribution in [2.45, 2.75) is 44.2 Å². The number of nitrogens with one attached hydrogen (secondary N) is 1. The van der Waals surface area contributed by atoms with E-state index in [1.807, 2.05) is 0 Å². The van der Waals surface area contributed by atoms with Crippen molar-refractivity contribution in [3.8, 4) is 0 Å². The van der Waals surface area contributed by atoms with E-state index in [4.69, 9.17) is 9.84 Å². The Morgan fingerprint density at radius 3 is 2.42 bits per heavy atom. The third-order valence-corrected chi connectivity index (χ3v) is 6.96. The van der Waals surface area contributed by atoms with Crippen molar-refractivity contribution in [3.63, 3.8) is 0 Å². The van der Waals surface area contributed by atoms with Crippen LogP contribution in [0.2, 0.25) is 0 Å². The molecule has 8 nitrogen and oxygen atoms in total. The Hall–Kier alpha value is -4.22. The molecule has 3 aromatic rings. The van der Waals surface area contributed by atoms with Crippen molar-refractivity contribution in [1.82, 2.24) is 14.9 Å². The third kappa shape index (κ3) is 7.04. The SMILES string of the molecule is COC(=O)Cc1ccccc1CCc1nc(Nc2ccc(C3CCN(C(=O)O)CC3)cc2F)ncc1C(F)(F)F. The normalized spacial score (nSPS) is 14.2. The molecule has 2 aromatic carbocycles. The molecule has 1 fully saturated rings. The van der Waals surface area contributed by atoms with E-state index in [1.54, 1.807) is 30.3 Å². The second-order valence-corrected chi connectivity index (χ2v) is 9.48. The maximum absolute atomic E-state index is 15.0. The Morgan fingerprint density at radius 2 is 1.80 bits per heavy atom. The summed E-state index contributed by atoms with van der Waals surface area (Å²) >= 11 is 0. The molecule has 0 aliphatic carbocycles. The number of carbonyl (C=O) groups excluding carboxylic acids is 1. The lowest BCUT2D eigenvalue weighted by Crippen LogP contribution is -2.36. The van der Waals surface area contributed by atoms with Gasteiger partial charge in [0.1, 0.15) is 5.82 Å². The van der Waals surface area contributed by atoms with E-state index in [1.165, 1.54) is 24.1 Å². The Bertz CT molecular complexity index is 1370. The molecule has 2 N–H and O–H groups in total. The first-order valence-corrected chi connectivity index (χ1v) is 12.7. The standard InChI is InChI=1S/C28H28F4N4O4/c1-40-25(37)15-19-5-3-2-4-17(19)6-8-23-21(28(30,31)32)16-33-26(34-23)35-24-9-7-20(14-22(24)29)18-10-12-36(13-11-18)27(38)39/h2-5,7,9,14,16,18H,6,8,10-13,15H2,1H3,(H,38,39)(H,33,34,35). The highest BCUT2D eigenvalue weighted by atomic mass is 19.4. The topological polar surface area (TPSA) is 105 Å². The molecule has 40 heavy (non-hydrogen) atoms. The number of alkyl halides is 3. The average molecular weight is 561 g/mol. The van der Waals surface area contributed by atoms with E-state index in [2.05, 4.69) is 15.3 Å². The fraction of sp³-hybridized carbons (Fsp3) is 0.357. The molecule has 1 saturated heterocycles. The van der Waals surface area contributed by atoms with Crippen molar-refractivity contribution in [3.05, 3.63) is 82.4 Å². The van der Waals surface area contributed by atoms with Crippen molar-refractivity contribution >= 4 is 23.7 Å². The predicted molar refractivity (Wildman–Crippen MR) is 138 cm³/mol. The number of carbonyl (C=O) groups is 2. The number of esters is 1. The lowest BCUT2D eigenvalue weighted by atomic mass is 9.89. The van der Waals surface area contributed by atoms with Crippen LogP contribution in [-0.4, -0.2) is 52.2 Å². The number of amides is 1. The maximum atomic E-state index is 15.0. The van der Waals surface area contributed by atoms with Crippen molar-refractivity contribution in [2.24, 2.45) is 0 Å². The molecular weight excluding hydrogens is 532 g/mol. The van der Waals surface area contributed by atoms with Gasteiger partial charge in [0.25, 0.3) is 0 Å². The Kier molecular flexibility index (Phi) is 8.86. The molecule has 1 aromatic heterocycles. The fourth-order valence-corrected chi connectivity index (χ4v) is 4.77. The van der Waals surface area contributed by atoms with Crippen LogP contribution in [0.1, 0.15) is 46.7 Å². The molecule has 212 valence electrons. The number of halogens is 4. The number of nitrogens with zero attached hydrogens (tertiary/aromatic N) is 3. The van der Waals surface area contributed by atoms with Gasteiger partial charge in [-0.1, -0.05) is 30.3 Å². The van der Waals surface area contributed by atoms with Crippen LogP contribution in [0.3, 0.4) is 0 Å². The highest BCUT2D eigenvalue weighted by molar-refractivity contribution is 5.72. The van der Waals surface area contributed by atoms with Gasteiger partial charge in [0.05, 0.1) is 30.5 Å². The van der Waals surface area contributed by atoms with Gasteiger partial charge in [-0.25, -0.2) is 19.2 Å². The molecule has 1 aliphatic rings. The highest BCUT2D eigenvalue weighted by Gasteiger charge is 2.35. The summed E-state index contributed by atoms with van der Waals surface area (Å²) in [5, 5.41) is 11.8. The first-order valence-electron chi connectivity index (χ1n) is 12.7. The minimum Gasteiger partial charge on any atom is -0.469 e. The minimum absolute atomic E-state index is 0.000791. The number of likely N-dealkylation sites (tertiary alicyclic amines) is 1. The number of methoxy groups -OCH3 is 1. The van der Waals surface area contributed by atoms with Crippen LogP contribution in [0.15, 0.2) is 48.7 Å². The van der Waals surface area contributed by atoms with Crippen LogP contribution < -0.4 is 5.32 Å². The third-order valence-electron chi connectivity index (χ3n) is 6.96. The van der Waals surface area contributed by atoms with E-state index in [-0.39, 0.29) is 42.5 Å². The van der Waals surface area contributed by atoms with Crippen LogP contribution in [0.4, 0.5) is 34.0 Å². The zero-order valence-corrected chi connectivity index (χ0v) is 21.7. The van der Waals surface area contributed by atoms with Gasteiger partial charge in [-0.2, -0.15) is 13.2 Å². The number of anilines is 2. The quantitative estimate of drug-likeness (QED) is 0.268. The van der Waals surface area contributed by atoms with E-state index < -0.39 is 29.6 Å². The maximum Gasteiger partial charge on any atom is 0.419 e. The zero-order chi connectivity index (χ0) is 28.9. The van der Waals surface area contributed by atoms with Gasteiger partial charge in [0.2, 0.25) is 5.95 Å². The van der Waals surface area contributed by atoms with Gasteiger partial charge in [-0.15, -0.1) is 0 Å². The van der Waals surface area contributed by atoms with Crippen LogP contribution in [-0.2, 0) is 35.0 Å². The summed E-state index contributed by atoms with van der Waals surface area (Å²) in [6.07, 6.45) is -3.80. The number of aromatic nitrogens is 2. The Labute approximate surface area is 228 Å². The molecule has 0 unspecified atom stereocenters. The monoisotopic (exact) mass is 560 g/mol. The van der Waals surface area contributed by atoms with Crippen LogP contribution >= 0.6 is 0 Å². The summed E-state index contributed by atoms with van der Waals surface area (Å²) in [6.45, 7) is 0.716. The molecule has 0 bridgehead atoms. The molecular formula is C28H28F4N4O4. The number of benzene rings is 2. The smallest absolute Gasteiger partial charge is 0.419 e. The molecule has 1 aliphatic heterocycles. The summed E-state index contributed by atoms with van der Waals surface area (Å²) < 4.78 is 60.9. The number of ether oxygens (including phenoxy) is 1. The minimum atomic E-state index is -4.69. The van der Waals surface area contributed by atoms with Gasteiger partial charge >= 0.3 is 18.2 Å². The van der Waals surface area contributed by atoms with E-state index in [0.717, 1.165) is 0 Å².